The number of hydrogen-bond donors (Lipinski definition) is 2. The minimum Gasteiger partial charge on any atom is -0.497 e. The van der Waals surface area contributed by atoms with E-state index in [1.807, 2.05) is 24.3 Å². The van der Waals surface area contributed by atoms with Gasteiger partial charge in [-0.15, -0.1) is 0 Å². The maximum absolute atomic E-state index is 11.0. The molecule has 1 fully saturated rings. The Hall–Kier alpha value is -1.55. The number of rotatable bonds is 3. The van der Waals surface area contributed by atoms with Crippen LogP contribution in [-0.2, 0) is 4.79 Å². The first kappa shape index (κ1) is 11.0. The molecule has 1 aliphatic rings. The van der Waals surface area contributed by atoms with Crippen molar-refractivity contribution < 1.29 is 14.6 Å². The highest BCUT2D eigenvalue weighted by Crippen LogP contribution is 2.30. The second kappa shape index (κ2) is 4.53. The maximum Gasteiger partial charge on any atom is 0.308 e. The first-order valence-corrected chi connectivity index (χ1v) is 5.32. The van der Waals surface area contributed by atoms with Crippen molar-refractivity contribution in [2.24, 2.45) is 5.92 Å². The maximum atomic E-state index is 11.0. The Labute approximate surface area is 94.2 Å². The summed E-state index contributed by atoms with van der Waals surface area (Å²) < 4.78 is 5.07. The van der Waals surface area contributed by atoms with Gasteiger partial charge in [0.2, 0.25) is 0 Å². The number of ether oxygens (including phenoxy) is 1. The predicted molar refractivity (Wildman–Crippen MR) is 59.5 cm³/mol. The standard InChI is InChI=1S/C12H15NO3/c1-16-9-4-2-8(3-5-9)11-10(12(14)15)6-7-13-11/h2-5,10-11,13H,6-7H2,1H3,(H,14,15)/t10-,11-/m1/s1. The van der Waals surface area contributed by atoms with E-state index in [4.69, 9.17) is 9.84 Å². The molecule has 0 amide bonds. The summed E-state index contributed by atoms with van der Waals surface area (Å²) in [5.41, 5.74) is 1.01. The van der Waals surface area contributed by atoms with E-state index in [-0.39, 0.29) is 12.0 Å². The summed E-state index contributed by atoms with van der Waals surface area (Å²) in [5, 5.41) is 12.3. The Balaban J connectivity index is 2.19. The van der Waals surface area contributed by atoms with Gasteiger partial charge in [0.05, 0.1) is 13.0 Å². The van der Waals surface area contributed by atoms with E-state index < -0.39 is 5.97 Å². The van der Waals surface area contributed by atoms with Crippen LogP contribution >= 0.6 is 0 Å². The van der Waals surface area contributed by atoms with Gasteiger partial charge in [-0.1, -0.05) is 12.1 Å². The summed E-state index contributed by atoms with van der Waals surface area (Å²) in [7, 11) is 1.61. The third kappa shape index (κ3) is 2.02. The molecular weight excluding hydrogens is 206 g/mol. The van der Waals surface area contributed by atoms with Crippen molar-refractivity contribution in [2.75, 3.05) is 13.7 Å². The number of nitrogens with one attached hydrogen (secondary N) is 1. The number of hydrogen-bond acceptors (Lipinski definition) is 3. The normalized spacial score (nSPS) is 24.3. The average molecular weight is 221 g/mol. The van der Waals surface area contributed by atoms with E-state index in [9.17, 15) is 4.79 Å². The van der Waals surface area contributed by atoms with Crippen LogP contribution in [0.3, 0.4) is 0 Å². The van der Waals surface area contributed by atoms with Gasteiger partial charge in [-0.25, -0.2) is 0 Å². The summed E-state index contributed by atoms with van der Waals surface area (Å²) in [4.78, 5) is 11.0. The Morgan fingerprint density at radius 1 is 1.44 bits per heavy atom. The fourth-order valence-corrected chi connectivity index (χ4v) is 2.13. The zero-order valence-electron chi connectivity index (χ0n) is 9.14. The molecule has 0 bridgehead atoms. The summed E-state index contributed by atoms with van der Waals surface area (Å²) >= 11 is 0. The first-order chi connectivity index (χ1) is 7.72. The molecule has 0 saturated carbocycles. The van der Waals surface area contributed by atoms with Gasteiger partial charge in [0.25, 0.3) is 0 Å². The molecular formula is C12H15NO3. The van der Waals surface area contributed by atoms with Gasteiger partial charge < -0.3 is 15.2 Å². The number of methoxy groups -OCH3 is 1. The molecule has 0 spiro atoms. The van der Waals surface area contributed by atoms with E-state index in [1.54, 1.807) is 7.11 Å². The average Bonchev–Trinajstić information content (AvgIpc) is 2.78. The van der Waals surface area contributed by atoms with Gasteiger partial charge in [0.15, 0.2) is 0 Å². The van der Waals surface area contributed by atoms with Crippen LogP contribution in [-0.4, -0.2) is 24.7 Å². The van der Waals surface area contributed by atoms with E-state index in [0.29, 0.717) is 6.42 Å². The van der Waals surface area contributed by atoms with Crippen LogP contribution in [0.5, 0.6) is 5.75 Å². The molecule has 0 unspecified atom stereocenters. The molecule has 1 saturated heterocycles. The largest absolute Gasteiger partial charge is 0.497 e. The molecule has 2 atom stereocenters. The van der Waals surface area contributed by atoms with Crippen LogP contribution in [0.15, 0.2) is 24.3 Å². The smallest absolute Gasteiger partial charge is 0.308 e. The quantitative estimate of drug-likeness (QED) is 0.810. The van der Waals surface area contributed by atoms with E-state index in [0.717, 1.165) is 17.9 Å². The number of carboxylic acid groups (broad SMARTS) is 1. The molecule has 0 radical (unpaired) electrons. The highest BCUT2D eigenvalue weighted by atomic mass is 16.5. The molecule has 1 aromatic rings. The van der Waals surface area contributed by atoms with Crippen molar-refractivity contribution >= 4 is 5.97 Å². The molecule has 1 heterocycles. The third-order valence-corrected chi connectivity index (χ3v) is 3.01. The van der Waals surface area contributed by atoms with Crippen LogP contribution in [0.2, 0.25) is 0 Å². The third-order valence-electron chi connectivity index (χ3n) is 3.01. The van der Waals surface area contributed by atoms with Crippen molar-refractivity contribution in [1.82, 2.24) is 5.32 Å². The second-order valence-electron chi connectivity index (χ2n) is 3.94. The number of carboxylic acids is 1. The molecule has 4 heteroatoms. The Bertz CT molecular complexity index is 374. The Kier molecular flexibility index (Phi) is 3.10. The minimum absolute atomic E-state index is 0.0802. The highest BCUT2D eigenvalue weighted by Gasteiger charge is 2.33. The summed E-state index contributed by atoms with van der Waals surface area (Å²) in [6.45, 7) is 0.758. The monoisotopic (exact) mass is 221 g/mol. The zero-order chi connectivity index (χ0) is 11.5. The summed E-state index contributed by atoms with van der Waals surface area (Å²) in [6, 6.07) is 7.46. The molecule has 1 aliphatic heterocycles. The molecule has 2 rings (SSSR count). The fourth-order valence-electron chi connectivity index (χ4n) is 2.13. The van der Waals surface area contributed by atoms with Gasteiger partial charge in [-0.3, -0.25) is 4.79 Å². The Morgan fingerprint density at radius 2 is 2.12 bits per heavy atom. The van der Waals surface area contributed by atoms with Crippen LogP contribution in [0.25, 0.3) is 0 Å². The topological polar surface area (TPSA) is 58.6 Å². The summed E-state index contributed by atoms with van der Waals surface area (Å²) in [5.74, 6) is -0.271. The zero-order valence-corrected chi connectivity index (χ0v) is 9.14. The van der Waals surface area contributed by atoms with Gasteiger partial charge in [-0.05, 0) is 30.7 Å². The van der Waals surface area contributed by atoms with Crippen LogP contribution in [0, 0.1) is 5.92 Å². The molecule has 0 aliphatic carbocycles. The lowest BCUT2D eigenvalue weighted by Crippen LogP contribution is -2.23. The lowest BCUT2D eigenvalue weighted by atomic mass is 9.94. The summed E-state index contributed by atoms with van der Waals surface area (Å²) in [6.07, 6.45) is 0.687. The van der Waals surface area contributed by atoms with Crippen LogP contribution in [0.4, 0.5) is 0 Å². The van der Waals surface area contributed by atoms with Gasteiger partial charge in [0.1, 0.15) is 5.75 Å². The minimum atomic E-state index is -0.731. The molecule has 4 nitrogen and oxygen atoms in total. The van der Waals surface area contributed by atoms with E-state index in [1.165, 1.54) is 0 Å². The lowest BCUT2D eigenvalue weighted by Gasteiger charge is -2.16. The van der Waals surface area contributed by atoms with Crippen molar-refractivity contribution in [1.29, 1.82) is 0 Å². The first-order valence-electron chi connectivity index (χ1n) is 5.32. The van der Waals surface area contributed by atoms with Gasteiger partial charge in [0, 0.05) is 6.04 Å². The molecule has 86 valence electrons. The molecule has 16 heavy (non-hydrogen) atoms. The SMILES string of the molecule is COc1ccc([C@H]2NCC[C@H]2C(=O)O)cc1. The van der Waals surface area contributed by atoms with Gasteiger partial charge in [-0.2, -0.15) is 0 Å². The van der Waals surface area contributed by atoms with E-state index in [2.05, 4.69) is 5.32 Å². The Morgan fingerprint density at radius 3 is 2.69 bits per heavy atom. The van der Waals surface area contributed by atoms with Crippen molar-refractivity contribution in [3.8, 4) is 5.75 Å². The van der Waals surface area contributed by atoms with E-state index >= 15 is 0 Å². The fraction of sp³-hybridized carbons (Fsp3) is 0.417. The second-order valence-corrected chi connectivity index (χ2v) is 3.94. The lowest BCUT2D eigenvalue weighted by molar-refractivity contribution is -0.142. The number of carbonyl (C=O) groups is 1. The highest BCUT2D eigenvalue weighted by molar-refractivity contribution is 5.71. The van der Waals surface area contributed by atoms with Crippen molar-refractivity contribution in [2.45, 2.75) is 12.5 Å². The molecule has 2 N–H and O–H groups in total. The van der Waals surface area contributed by atoms with Crippen molar-refractivity contribution in [3.05, 3.63) is 29.8 Å². The van der Waals surface area contributed by atoms with Gasteiger partial charge >= 0.3 is 5.97 Å². The number of aliphatic carboxylic acids is 1. The van der Waals surface area contributed by atoms with Crippen LogP contribution in [0.1, 0.15) is 18.0 Å². The molecule has 0 aromatic heterocycles. The molecule has 1 aromatic carbocycles. The number of benzene rings is 1. The predicted octanol–water partition coefficient (Wildman–Crippen LogP) is 1.43. The van der Waals surface area contributed by atoms with Crippen molar-refractivity contribution in [3.63, 3.8) is 0 Å². The van der Waals surface area contributed by atoms with Crippen LogP contribution < -0.4 is 10.1 Å².